The highest BCUT2D eigenvalue weighted by atomic mass is 16.5. The average Bonchev–Trinajstić information content (AvgIpc) is 2.39. The van der Waals surface area contributed by atoms with Gasteiger partial charge in [-0.15, -0.1) is 0 Å². The topological polar surface area (TPSA) is 61.6 Å². The van der Waals surface area contributed by atoms with Crippen LogP contribution in [0.1, 0.15) is 6.42 Å². The van der Waals surface area contributed by atoms with Crippen LogP contribution >= 0.6 is 0 Å². The summed E-state index contributed by atoms with van der Waals surface area (Å²) in [5.41, 5.74) is 5.17. The van der Waals surface area contributed by atoms with E-state index in [2.05, 4.69) is 0 Å². The molecule has 2 rings (SSSR count). The molecule has 1 aliphatic heterocycles. The van der Waals surface area contributed by atoms with Crippen LogP contribution in [0.25, 0.3) is 0 Å². The van der Waals surface area contributed by atoms with E-state index in [1.165, 1.54) is 0 Å². The van der Waals surface area contributed by atoms with Gasteiger partial charge in [0.05, 0.1) is 6.61 Å². The molecule has 1 aromatic carbocycles. The fourth-order valence-corrected chi connectivity index (χ4v) is 1.36. The van der Waals surface area contributed by atoms with E-state index in [0.717, 1.165) is 0 Å². The molecule has 1 unspecified atom stereocenters. The molecule has 0 fully saturated rings. The summed E-state index contributed by atoms with van der Waals surface area (Å²) in [7, 11) is 0. The van der Waals surface area contributed by atoms with E-state index in [1.54, 1.807) is 12.1 Å². The summed E-state index contributed by atoms with van der Waals surface area (Å²) < 4.78 is 10.8. The first-order valence-electron chi connectivity index (χ1n) is 4.45. The maximum atomic E-state index is 11.0. The van der Waals surface area contributed by atoms with Gasteiger partial charge in [-0.1, -0.05) is 12.1 Å². The van der Waals surface area contributed by atoms with Crippen LogP contribution in [-0.2, 0) is 4.79 Å². The monoisotopic (exact) mass is 193 g/mol. The lowest BCUT2D eigenvalue weighted by atomic mass is 10.2. The number of carbonyl (C=O) groups is 1. The molecule has 1 atom stereocenters. The number of hydrogen-bond acceptors (Lipinski definition) is 3. The Hall–Kier alpha value is -1.71. The fraction of sp³-hybridized carbons (Fsp3) is 0.300. The van der Waals surface area contributed by atoms with Crippen LogP contribution in [0.4, 0.5) is 0 Å². The molecular weight excluding hydrogens is 182 g/mol. The number of primary amides is 1. The minimum absolute atomic E-state index is 0.449. The molecule has 0 radical (unpaired) electrons. The number of fused-ring (bicyclic) bond motifs is 1. The van der Waals surface area contributed by atoms with Crippen molar-refractivity contribution in [3.05, 3.63) is 24.3 Å². The molecule has 1 aromatic rings. The number of ether oxygens (including phenoxy) is 2. The highest BCUT2D eigenvalue weighted by Crippen LogP contribution is 2.30. The quantitative estimate of drug-likeness (QED) is 0.714. The number of para-hydroxylation sites is 2. The van der Waals surface area contributed by atoms with Crippen LogP contribution in [0, 0.1) is 0 Å². The van der Waals surface area contributed by atoms with E-state index in [-0.39, 0.29) is 0 Å². The summed E-state index contributed by atoms with van der Waals surface area (Å²) in [5.74, 6) is 0.787. The molecule has 2 N–H and O–H groups in total. The van der Waals surface area contributed by atoms with Crippen molar-refractivity contribution in [2.24, 2.45) is 5.73 Å². The Balaban J connectivity index is 2.26. The van der Waals surface area contributed by atoms with Crippen molar-refractivity contribution in [1.82, 2.24) is 0 Å². The van der Waals surface area contributed by atoms with Gasteiger partial charge in [0.2, 0.25) is 0 Å². The second-order valence-electron chi connectivity index (χ2n) is 3.09. The van der Waals surface area contributed by atoms with Crippen molar-refractivity contribution < 1.29 is 14.3 Å². The fourth-order valence-electron chi connectivity index (χ4n) is 1.36. The Morgan fingerprint density at radius 2 is 2.07 bits per heavy atom. The standard InChI is InChI=1S/C10H11NO3/c11-10(12)9-5-6-13-7-3-1-2-4-8(7)14-9/h1-4,9H,5-6H2,(H2,11,12). The van der Waals surface area contributed by atoms with Gasteiger partial charge in [-0.25, -0.2) is 0 Å². The zero-order chi connectivity index (χ0) is 9.97. The van der Waals surface area contributed by atoms with Crippen LogP contribution < -0.4 is 15.2 Å². The summed E-state index contributed by atoms with van der Waals surface area (Å²) in [6.07, 6.45) is -0.0945. The second-order valence-corrected chi connectivity index (χ2v) is 3.09. The van der Waals surface area contributed by atoms with E-state index in [9.17, 15) is 4.79 Å². The number of amides is 1. The molecule has 0 aromatic heterocycles. The zero-order valence-electron chi connectivity index (χ0n) is 7.60. The molecule has 0 saturated heterocycles. The normalized spacial score (nSPS) is 19.9. The summed E-state index contributed by atoms with van der Waals surface area (Å²) >= 11 is 0. The lowest BCUT2D eigenvalue weighted by Gasteiger charge is -2.11. The SMILES string of the molecule is NC(=O)C1CCOc2ccccc2O1. The van der Waals surface area contributed by atoms with E-state index in [0.29, 0.717) is 24.5 Å². The van der Waals surface area contributed by atoms with Crippen LogP contribution in [0.3, 0.4) is 0 Å². The summed E-state index contributed by atoms with van der Waals surface area (Å²) in [6.45, 7) is 0.449. The summed E-state index contributed by atoms with van der Waals surface area (Å²) in [5, 5.41) is 0. The first-order valence-corrected chi connectivity index (χ1v) is 4.45. The lowest BCUT2D eigenvalue weighted by Crippen LogP contribution is -2.33. The minimum atomic E-state index is -0.585. The maximum Gasteiger partial charge on any atom is 0.258 e. The second kappa shape index (κ2) is 3.57. The molecule has 0 aliphatic carbocycles. The van der Waals surface area contributed by atoms with Gasteiger partial charge in [0.15, 0.2) is 17.6 Å². The van der Waals surface area contributed by atoms with Gasteiger partial charge >= 0.3 is 0 Å². The van der Waals surface area contributed by atoms with Gasteiger partial charge in [-0.2, -0.15) is 0 Å². The Morgan fingerprint density at radius 3 is 2.79 bits per heavy atom. The largest absolute Gasteiger partial charge is 0.490 e. The number of benzene rings is 1. The predicted octanol–water partition coefficient (Wildman–Crippen LogP) is 0.702. The molecule has 1 aliphatic rings. The van der Waals surface area contributed by atoms with Gasteiger partial charge in [0.25, 0.3) is 5.91 Å². The Bertz CT molecular complexity index is 351. The molecule has 1 amide bonds. The molecule has 0 spiro atoms. The van der Waals surface area contributed by atoms with Crippen molar-refractivity contribution >= 4 is 5.91 Å². The first-order chi connectivity index (χ1) is 6.77. The van der Waals surface area contributed by atoms with E-state index >= 15 is 0 Å². The first kappa shape index (κ1) is 8.87. The number of carbonyl (C=O) groups excluding carboxylic acids is 1. The smallest absolute Gasteiger partial charge is 0.258 e. The highest BCUT2D eigenvalue weighted by Gasteiger charge is 2.22. The number of nitrogens with two attached hydrogens (primary N) is 1. The highest BCUT2D eigenvalue weighted by molar-refractivity contribution is 5.79. The Labute approximate surface area is 81.6 Å². The zero-order valence-corrected chi connectivity index (χ0v) is 7.60. The van der Waals surface area contributed by atoms with Crippen molar-refractivity contribution in [2.45, 2.75) is 12.5 Å². The van der Waals surface area contributed by atoms with Crippen molar-refractivity contribution in [3.8, 4) is 11.5 Å². The molecular formula is C10H11NO3. The summed E-state index contributed by atoms with van der Waals surface area (Å²) in [6, 6.07) is 7.24. The van der Waals surface area contributed by atoms with Gasteiger partial charge in [0.1, 0.15) is 0 Å². The number of hydrogen-bond donors (Lipinski definition) is 1. The van der Waals surface area contributed by atoms with Crippen molar-refractivity contribution in [3.63, 3.8) is 0 Å². The average molecular weight is 193 g/mol. The minimum Gasteiger partial charge on any atom is -0.490 e. The van der Waals surface area contributed by atoms with E-state index < -0.39 is 12.0 Å². The molecule has 14 heavy (non-hydrogen) atoms. The molecule has 74 valence electrons. The van der Waals surface area contributed by atoms with E-state index in [4.69, 9.17) is 15.2 Å². The van der Waals surface area contributed by atoms with Crippen molar-refractivity contribution in [1.29, 1.82) is 0 Å². The number of rotatable bonds is 1. The third kappa shape index (κ3) is 1.64. The van der Waals surface area contributed by atoms with Crippen LogP contribution in [0.15, 0.2) is 24.3 Å². The molecule has 0 saturated carbocycles. The predicted molar refractivity (Wildman–Crippen MR) is 50.2 cm³/mol. The lowest BCUT2D eigenvalue weighted by molar-refractivity contribution is -0.124. The van der Waals surface area contributed by atoms with Crippen LogP contribution in [-0.4, -0.2) is 18.6 Å². The van der Waals surface area contributed by atoms with Crippen molar-refractivity contribution in [2.75, 3.05) is 6.61 Å². The third-order valence-electron chi connectivity index (χ3n) is 2.07. The molecule has 4 heteroatoms. The Kier molecular flexibility index (Phi) is 2.26. The van der Waals surface area contributed by atoms with Gasteiger partial charge in [-0.05, 0) is 12.1 Å². The summed E-state index contributed by atoms with van der Waals surface area (Å²) in [4.78, 5) is 11.0. The van der Waals surface area contributed by atoms with Crippen LogP contribution in [0.5, 0.6) is 11.5 Å². The third-order valence-corrected chi connectivity index (χ3v) is 2.07. The van der Waals surface area contributed by atoms with E-state index in [1.807, 2.05) is 12.1 Å². The van der Waals surface area contributed by atoms with Gasteiger partial charge in [0, 0.05) is 6.42 Å². The molecule has 4 nitrogen and oxygen atoms in total. The van der Waals surface area contributed by atoms with Gasteiger partial charge < -0.3 is 15.2 Å². The Morgan fingerprint density at radius 1 is 1.36 bits per heavy atom. The van der Waals surface area contributed by atoms with Crippen LogP contribution in [0.2, 0.25) is 0 Å². The van der Waals surface area contributed by atoms with Gasteiger partial charge in [-0.3, -0.25) is 4.79 Å². The molecule has 1 heterocycles. The molecule has 0 bridgehead atoms. The maximum absolute atomic E-state index is 11.0.